The molecule has 0 aliphatic carbocycles. The van der Waals surface area contributed by atoms with Crippen LogP contribution in [0.3, 0.4) is 0 Å². The van der Waals surface area contributed by atoms with Gasteiger partial charge in [0.25, 0.3) is 5.91 Å². The Morgan fingerprint density at radius 2 is 1.92 bits per heavy atom. The molecule has 12 nitrogen and oxygen atoms in total. The fourth-order valence-electron chi connectivity index (χ4n) is 3.70. The number of aromatic nitrogens is 3. The Hall–Kier alpha value is -3.67. The minimum Gasteiger partial charge on any atom is -0.495 e. The molecule has 1 fully saturated rings. The molecule has 2 atom stereocenters. The number of anilines is 3. The van der Waals surface area contributed by atoms with Crippen molar-refractivity contribution in [2.45, 2.75) is 64.6 Å². The summed E-state index contributed by atoms with van der Waals surface area (Å²) in [6.07, 6.45) is 0.0779. The van der Waals surface area contributed by atoms with Crippen molar-refractivity contribution in [1.29, 1.82) is 0 Å². The standard InChI is InChI=1S/C24H35N7O5/c1-13(2)20-17(34-6)7-8-18(29-20)27-15-11-19(30-31-21(15)22(25)32)26-14-9-10-35-12-16(14)28-23(33)36-24(3,4)5/h7-8,11,13-14,16H,9-10,12H2,1-6H3,(H2,25,32)(H,28,33)(H2,26,27,29,30). The molecule has 3 heterocycles. The average Bonchev–Trinajstić information content (AvgIpc) is 2.79. The number of hydrogen-bond acceptors (Lipinski definition) is 10. The molecule has 0 bridgehead atoms. The number of alkyl carbamates (subject to hydrolysis) is 1. The second-order valence-electron chi connectivity index (χ2n) is 9.79. The zero-order valence-corrected chi connectivity index (χ0v) is 21.5. The third-order valence-electron chi connectivity index (χ3n) is 5.33. The minimum atomic E-state index is -0.732. The summed E-state index contributed by atoms with van der Waals surface area (Å²) in [6, 6.07) is 4.60. The van der Waals surface area contributed by atoms with Gasteiger partial charge in [-0.2, -0.15) is 0 Å². The summed E-state index contributed by atoms with van der Waals surface area (Å²) in [7, 11) is 1.59. The van der Waals surface area contributed by atoms with Gasteiger partial charge in [-0.25, -0.2) is 9.78 Å². The minimum absolute atomic E-state index is 0.0281. The molecule has 1 saturated heterocycles. The number of nitrogens with one attached hydrogen (secondary N) is 3. The Kier molecular flexibility index (Phi) is 8.51. The van der Waals surface area contributed by atoms with Crippen LogP contribution in [0.1, 0.15) is 63.1 Å². The Labute approximate surface area is 210 Å². The fraction of sp³-hybridized carbons (Fsp3) is 0.542. The van der Waals surface area contributed by atoms with E-state index >= 15 is 0 Å². The maximum absolute atomic E-state index is 12.3. The van der Waals surface area contributed by atoms with Crippen molar-refractivity contribution < 1.29 is 23.8 Å². The number of carbonyl (C=O) groups is 2. The van der Waals surface area contributed by atoms with Gasteiger partial charge in [0.15, 0.2) is 11.5 Å². The first-order valence-electron chi connectivity index (χ1n) is 11.8. The molecule has 2 amide bonds. The fourth-order valence-corrected chi connectivity index (χ4v) is 3.70. The topological polar surface area (TPSA) is 163 Å². The number of nitrogens with zero attached hydrogens (tertiary/aromatic N) is 3. The van der Waals surface area contributed by atoms with Crippen LogP contribution in [0.4, 0.5) is 22.1 Å². The van der Waals surface area contributed by atoms with E-state index in [1.165, 1.54) is 0 Å². The molecule has 12 heteroatoms. The maximum Gasteiger partial charge on any atom is 0.408 e. The molecule has 2 aromatic heterocycles. The average molecular weight is 502 g/mol. The van der Waals surface area contributed by atoms with Gasteiger partial charge in [-0.3, -0.25) is 4.79 Å². The predicted octanol–water partition coefficient (Wildman–Crippen LogP) is 2.94. The molecule has 0 radical (unpaired) electrons. The van der Waals surface area contributed by atoms with Gasteiger partial charge in [0.1, 0.15) is 17.2 Å². The van der Waals surface area contributed by atoms with E-state index in [4.69, 9.17) is 19.9 Å². The lowest BCUT2D eigenvalue weighted by molar-refractivity contribution is 0.0317. The number of rotatable bonds is 8. The van der Waals surface area contributed by atoms with E-state index in [-0.39, 0.29) is 23.7 Å². The van der Waals surface area contributed by atoms with Crippen molar-refractivity contribution in [1.82, 2.24) is 20.5 Å². The molecule has 1 aliphatic rings. The molecule has 196 valence electrons. The van der Waals surface area contributed by atoms with Gasteiger partial charge in [-0.05, 0) is 45.2 Å². The number of carbonyl (C=O) groups excluding carboxylic acids is 2. The second kappa shape index (κ2) is 11.4. The van der Waals surface area contributed by atoms with Crippen LogP contribution in [0.5, 0.6) is 5.75 Å². The van der Waals surface area contributed by atoms with Crippen LogP contribution in [0.15, 0.2) is 18.2 Å². The lowest BCUT2D eigenvalue weighted by atomic mass is 10.0. The molecular weight excluding hydrogens is 466 g/mol. The normalized spacial score (nSPS) is 17.9. The van der Waals surface area contributed by atoms with Crippen LogP contribution >= 0.6 is 0 Å². The zero-order valence-electron chi connectivity index (χ0n) is 21.5. The number of ether oxygens (including phenoxy) is 3. The van der Waals surface area contributed by atoms with Crippen LogP contribution in [0, 0.1) is 0 Å². The van der Waals surface area contributed by atoms with Crippen LogP contribution < -0.4 is 26.4 Å². The van der Waals surface area contributed by atoms with Crippen LogP contribution in [0.25, 0.3) is 0 Å². The van der Waals surface area contributed by atoms with Gasteiger partial charge in [-0.15, -0.1) is 10.2 Å². The Morgan fingerprint density at radius 3 is 2.56 bits per heavy atom. The summed E-state index contributed by atoms with van der Waals surface area (Å²) in [6.45, 7) is 10.2. The number of pyridine rings is 1. The highest BCUT2D eigenvalue weighted by atomic mass is 16.6. The highest BCUT2D eigenvalue weighted by Gasteiger charge is 2.30. The first kappa shape index (κ1) is 26.9. The van der Waals surface area contributed by atoms with E-state index in [1.807, 2.05) is 13.8 Å². The van der Waals surface area contributed by atoms with Gasteiger partial charge >= 0.3 is 6.09 Å². The monoisotopic (exact) mass is 501 g/mol. The second-order valence-corrected chi connectivity index (χ2v) is 9.79. The highest BCUT2D eigenvalue weighted by Crippen LogP contribution is 2.28. The Morgan fingerprint density at radius 1 is 1.17 bits per heavy atom. The third kappa shape index (κ3) is 7.17. The molecule has 36 heavy (non-hydrogen) atoms. The quantitative estimate of drug-likeness (QED) is 0.423. The van der Waals surface area contributed by atoms with Gasteiger partial charge in [0.2, 0.25) is 0 Å². The Bertz CT molecular complexity index is 1090. The van der Waals surface area contributed by atoms with Crippen molar-refractivity contribution in [3.8, 4) is 5.75 Å². The Balaban J connectivity index is 1.82. The molecule has 3 rings (SSSR count). The molecular formula is C24H35N7O5. The number of hydrogen-bond donors (Lipinski definition) is 4. The van der Waals surface area contributed by atoms with Crippen LogP contribution in [-0.4, -0.2) is 65.2 Å². The molecule has 2 unspecified atom stereocenters. The van der Waals surface area contributed by atoms with Crippen molar-refractivity contribution >= 4 is 29.3 Å². The molecule has 0 saturated carbocycles. The third-order valence-corrected chi connectivity index (χ3v) is 5.33. The smallest absolute Gasteiger partial charge is 0.408 e. The van der Waals surface area contributed by atoms with Crippen LogP contribution in [0.2, 0.25) is 0 Å². The van der Waals surface area contributed by atoms with E-state index < -0.39 is 17.6 Å². The first-order valence-corrected chi connectivity index (χ1v) is 11.8. The van der Waals surface area contributed by atoms with Crippen molar-refractivity contribution in [3.63, 3.8) is 0 Å². The van der Waals surface area contributed by atoms with Gasteiger partial charge < -0.3 is 35.9 Å². The molecule has 1 aliphatic heterocycles. The van der Waals surface area contributed by atoms with Crippen molar-refractivity contribution in [3.05, 3.63) is 29.6 Å². The predicted molar refractivity (Wildman–Crippen MR) is 135 cm³/mol. The lowest BCUT2D eigenvalue weighted by Crippen LogP contribution is -2.53. The van der Waals surface area contributed by atoms with E-state index in [0.717, 1.165) is 5.69 Å². The van der Waals surface area contributed by atoms with Crippen LogP contribution in [-0.2, 0) is 9.47 Å². The van der Waals surface area contributed by atoms with Gasteiger partial charge in [-0.1, -0.05) is 13.8 Å². The number of nitrogens with two attached hydrogens (primary N) is 1. The first-order chi connectivity index (χ1) is 17.0. The summed E-state index contributed by atoms with van der Waals surface area (Å²) in [4.78, 5) is 28.9. The largest absolute Gasteiger partial charge is 0.495 e. The van der Waals surface area contributed by atoms with Gasteiger partial charge in [0.05, 0.1) is 37.2 Å². The summed E-state index contributed by atoms with van der Waals surface area (Å²) >= 11 is 0. The molecule has 2 aromatic rings. The summed E-state index contributed by atoms with van der Waals surface area (Å²) in [5.74, 6) is 0.945. The van der Waals surface area contributed by atoms with E-state index in [0.29, 0.717) is 42.7 Å². The molecule has 0 spiro atoms. The van der Waals surface area contributed by atoms with E-state index in [2.05, 4.69) is 31.1 Å². The van der Waals surface area contributed by atoms with Gasteiger partial charge in [0, 0.05) is 12.7 Å². The summed E-state index contributed by atoms with van der Waals surface area (Å²) < 4.78 is 16.3. The zero-order chi connectivity index (χ0) is 26.5. The van der Waals surface area contributed by atoms with E-state index in [9.17, 15) is 9.59 Å². The molecule has 5 N–H and O–H groups in total. The SMILES string of the molecule is COc1ccc(Nc2cc(NC3CCOCC3NC(=O)OC(C)(C)C)nnc2C(N)=O)nc1C(C)C. The van der Waals surface area contributed by atoms with E-state index in [1.54, 1.807) is 46.1 Å². The summed E-state index contributed by atoms with van der Waals surface area (Å²) in [5, 5.41) is 17.4. The van der Waals surface area contributed by atoms with Crippen molar-refractivity contribution in [2.75, 3.05) is 31.0 Å². The number of amides is 2. The lowest BCUT2D eigenvalue weighted by Gasteiger charge is -2.33. The summed E-state index contributed by atoms with van der Waals surface area (Å²) in [5.41, 5.74) is 5.99. The number of methoxy groups -OCH3 is 1. The molecule has 0 aromatic carbocycles. The maximum atomic E-state index is 12.3. The number of primary amides is 1. The van der Waals surface area contributed by atoms with Crippen molar-refractivity contribution in [2.24, 2.45) is 5.73 Å². The highest BCUT2D eigenvalue weighted by molar-refractivity contribution is 5.97.